The average molecular weight is 251 g/mol. The maximum absolute atomic E-state index is 5.46. The number of benzene rings is 2. The first-order chi connectivity index (χ1) is 6.81. The minimum atomic E-state index is 0.699. The van der Waals surface area contributed by atoms with E-state index in [9.17, 15) is 0 Å². The molecule has 0 fully saturated rings. The molecular formula is C12H11BrO. The molecule has 0 heterocycles. The van der Waals surface area contributed by atoms with Gasteiger partial charge < -0.3 is 4.74 Å². The number of ether oxygens (including phenoxy) is 1. The molecule has 0 aliphatic carbocycles. The topological polar surface area (TPSA) is 9.23 Å². The molecule has 14 heavy (non-hydrogen) atoms. The second-order valence-electron chi connectivity index (χ2n) is 3.06. The number of fused-ring (bicyclic) bond motifs is 1. The summed E-state index contributed by atoms with van der Waals surface area (Å²) in [5.74, 6) is 0.915. The highest BCUT2D eigenvalue weighted by molar-refractivity contribution is 9.10. The predicted molar refractivity (Wildman–Crippen MR) is 62.8 cm³/mol. The van der Waals surface area contributed by atoms with Crippen molar-refractivity contribution in [1.29, 1.82) is 0 Å². The smallest absolute Gasteiger partial charge is 0.121 e. The summed E-state index contributed by atoms with van der Waals surface area (Å²) in [6.07, 6.45) is 0. The maximum Gasteiger partial charge on any atom is 0.121 e. The van der Waals surface area contributed by atoms with Crippen molar-refractivity contribution < 1.29 is 4.74 Å². The lowest BCUT2D eigenvalue weighted by Gasteiger charge is -2.06. The molecule has 72 valence electrons. The van der Waals surface area contributed by atoms with Crippen molar-refractivity contribution in [2.24, 2.45) is 0 Å². The van der Waals surface area contributed by atoms with Crippen molar-refractivity contribution in [3.8, 4) is 5.75 Å². The van der Waals surface area contributed by atoms with Gasteiger partial charge in [0.15, 0.2) is 0 Å². The zero-order chi connectivity index (χ0) is 9.97. The molecule has 0 aromatic heterocycles. The minimum absolute atomic E-state index is 0.699. The summed E-state index contributed by atoms with van der Waals surface area (Å²) in [6, 6.07) is 12.3. The van der Waals surface area contributed by atoms with E-state index in [4.69, 9.17) is 4.74 Å². The van der Waals surface area contributed by atoms with Gasteiger partial charge in [0.05, 0.1) is 6.61 Å². The lowest BCUT2D eigenvalue weighted by Crippen LogP contribution is -1.91. The Morgan fingerprint density at radius 3 is 2.79 bits per heavy atom. The first kappa shape index (κ1) is 9.53. The summed E-state index contributed by atoms with van der Waals surface area (Å²) in [6.45, 7) is 2.69. The van der Waals surface area contributed by atoms with Crippen LogP contribution in [0.2, 0.25) is 0 Å². The molecule has 0 radical (unpaired) electrons. The molecule has 0 unspecified atom stereocenters. The highest BCUT2D eigenvalue weighted by atomic mass is 79.9. The molecule has 2 heteroatoms. The largest absolute Gasteiger partial charge is 0.494 e. The van der Waals surface area contributed by atoms with Gasteiger partial charge in [0.2, 0.25) is 0 Å². The Hall–Kier alpha value is -1.02. The monoisotopic (exact) mass is 250 g/mol. The summed E-state index contributed by atoms with van der Waals surface area (Å²) < 4.78 is 6.55. The van der Waals surface area contributed by atoms with Crippen LogP contribution in [-0.4, -0.2) is 6.61 Å². The van der Waals surface area contributed by atoms with Crippen molar-refractivity contribution in [2.75, 3.05) is 6.61 Å². The van der Waals surface area contributed by atoms with Gasteiger partial charge in [0.25, 0.3) is 0 Å². The van der Waals surface area contributed by atoms with Crippen LogP contribution in [0, 0.1) is 0 Å². The van der Waals surface area contributed by atoms with Gasteiger partial charge in [-0.15, -0.1) is 0 Å². The Morgan fingerprint density at radius 1 is 1.21 bits per heavy atom. The van der Waals surface area contributed by atoms with Crippen LogP contribution in [0.25, 0.3) is 10.8 Å². The second-order valence-corrected chi connectivity index (χ2v) is 3.91. The Balaban J connectivity index is 2.60. The van der Waals surface area contributed by atoms with Crippen molar-refractivity contribution in [1.82, 2.24) is 0 Å². The molecule has 0 spiro atoms. The molecular weight excluding hydrogens is 240 g/mol. The van der Waals surface area contributed by atoms with Crippen LogP contribution in [0.5, 0.6) is 5.75 Å². The van der Waals surface area contributed by atoms with Crippen LogP contribution in [0.4, 0.5) is 0 Å². The third kappa shape index (κ3) is 1.75. The van der Waals surface area contributed by atoms with E-state index in [0.29, 0.717) is 6.61 Å². The van der Waals surface area contributed by atoms with E-state index in [1.165, 1.54) is 10.8 Å². The molecule has 0 amide bonds. The zero-order valence-electron chi connectivity index (χ0n) is 7.96. The van der Waals surface area contributed by atoms with E-state index in [1.807, 2.05) is 25.1 Å². The average Bonchev–Trinajstić information content (AvgIpc) is 2.18. The normalized spacial score (nSPS) is 10.4. The quantitative estimate of drug-likeness (QED) is 0.783. The third-order valence-corrected chi connectivity index (χ3v) is 2.75. The number of halogens is 1. The predicted octanol–water partition coefficient (Wildman–Crippen LogP) is 4.00. The number of hydrogen-bond acceptors (Lipinski definition) is 1. The van der Waals surface area contributed by atoms with Gasteiger partial charge in [0, 0.05) is 4.47 Å². The SMILES string of the molecule is CCOc1cc(Br)c2ccccc2c1. The van der Waals surface area contributed by atoms with Gasteiger partial charge >= 0.3 is 0 Å². The summed E-state index contributed by atoms with van der Waals surface area (Å²) in [4.78, 5) is 0. The zero-order valence-corrected chi connectivity index (χ0v) is 9.54. The molecule has 0 bridgehead atoms. The molecule has 0 atom stereocenters. The van der Waals surface area contributed by atoms with Crippen LogP contribution >= 0.6 is 15.9 Å². The van der Waals surface area contributed by atoms with Gasteiger partial charge in [-0.3, -0.25) is 0 Å². The van der Waals surface area contributed by atoms with Crippen molar-refractivity contribution in [3.63, 3.8) is 0 Å². The fourth-order valence-electron chi connectivity index (χ4n) is 1.49. The fourth-order valence-corrected chi connectivity index (χ4v) is 2.07. The summed E-state index contributed by atoms with van der Waals surface area (Å²) >= 11 is 3.54. The van der Waals surface area contributed by atoms with Crippen LogP contribution < -0.4 is 4.74 Å². The Bertz CT molecular complexity index is 451. The third-order valence-electron chi connectivity index (χ3n) is 2.10. The lowest BCUT2D eigenvalue weighted by molar-refractivity contribution is 0.340. The van der Waals surface area contributed by atoms with Gasteiger partial charge in [-0.05, 0) is 29.8 Å². The second kappa shape index (κ2) is 4.01. The van der Waals surface area contributed by atoms with Gasteiger partial charge in [0.1, 0.15) is 5.75 Å². The van der Waals surface area contributed by atoms with Gasteiger partial charge in [-0.25, -0.2) is 0 Å². The van der Waals surface area contributed by atoms with E-state index in [0.717, 1.165) is 10.2 Å². The molecule has 2 aromatic carbocycles. The van der Waals surface area contributed by atoms with Crippen LogP contribution in [0.15, 0.2) is 40.9 Å². The van der Waals surface area contributed by atoms with E-state index >= 15 is 0 Å². The molecule has 0 N–H and O–H groups in total. The minimum Gasteiger partial charge on any atom is -0.494 e. The van der Waals surface area contributed by atoms with Gasteiger partial charge in [-0.1, -0.05) is 40.2 Å². The van der Waals surface area contributed by atoms with Crippen molar-refractivity contribution in [3.05, 3.63) is 40.9 Å². The Labute approximate surface area is 91.8 Å². The summed E-state index contributed by atoms with van der Waals surface area (Å²) in [7, 11) is 0. The molecule has 0 saturated heterocycles. The van der Waals surface area contributed by atoms with Crippen molar-refractivity contribution >= 4 is 26.7 Å². The maximum atomic E-state index is 5.46. The molecule has 0 aliphatic rings. The highest BCUT2D eigenvalue weighted by Crippen LogP contribution is 2.29. The van der Waals surface area contributed by atoms with E-state index in [-0.39, 0.29) is 0 Å². The van der Waals surface area contributed by atoms with Crippen molar-refractivity contribution in [2.45, 2.75) is 6.92 Å². The summed E-state index contributed by atoms with van der Waals surface area (Å²) in [5, 5.41) is 2.42. The first-order valence-corrected chi connectivity index (χ1v) is 5.41. The molecule has 0 saturated carbocycles. The fraction of sp³-hybridized carbons (Fsp3) is 0.167. The molecule has 2 aromatic rings. The Kier molecular flexibility index (Phi) is 2.73. The van der Waals surface area contributed by atoms with E-state index in [2.05, 4.69) is 34.1 Å². The standard InChI is InChI=1S/C12H11BrO/c1-2-14-10-7-9-5-3-4-6-11(9)12(13)8-10/h3-8H,2H2,1H3. The van der Waals surface area contributed by atoms with Crippen LogP contribution in [0.3, 0.4) is 0 Å². The van der Waals surface area contributed by atoms with E-state index < -0.39 is 0 Å². The Morgan fingerprint density at radius 2 is 2.00 bits per heavy atom. The molecule has 1 nitrogen and oxygen atoms in total. The van der Waals surface area contributed by atoms with Crippen LogP contribution in [0.1, 0.15) is 6.92 Å². The molecule has 0 aliphatic heterocycles. The number of rotatable bonds is 2. The first-order valence-electron chi connectivity index (χ1n) is 4.62. The number of hydrogen-bond donors (Lipinski definition) is 0. The van der Waals surface area contributed by atoms with Crippen LogP contribution in [-0.2, 0) is 0 Å². The summed E-state index contributed by atoms with van der Waals surface area (Å²) in [5.41, 5.74) is 0. The highest BCUT2D eigenvalue weighted by Gasteiger charge is 2.01. The van der Waals surface area contributed by atoms with E-state index in [1.54, 1.807) is 0 Å². The van der Waals surface area contributed by atoms with Gasteiger partial charge in [-0.2, -0.15) is 0 Å². The molecule has 2 rings (SSSR count). The lowest BCUT2D eigenvalue weighted by atomic mass is 10.1.